The van der Waals surface area contributed by atoms with E-state index in [1.165, 1.54) is 17.2 Å². The van der Waals surface area contributed by atoms with Crippen LogP contribution in [0.3, 0.4) is 0 Å². The van der Waals surface area contributed by atoms with Crippen molar-refractivity contribution in [2.75, 3.05) is 25.0 Å². The smallest absolute Gasteiger partial charge is 0.292 e. The van der Waals surface area contributed by atoms with Crippen molar-refractivity contribution < 1.29 is 4.92 Å². The van der Waals surface area contributed by atoms with Crippen LogP contribution in [0.4, 0.5) is 11.4 Å². The number of rotatable bonds is 5. The van der Waals surface area contributed by atoms with E-state index in [1.54, 1.807) is 12.1 Å². The molecule has 2 aromatic rings. The summed E-state index contributed by atoms with van der Waals surface area (Å²) in [4.78, 5) is 13.0. The number of hydrogen-bond acceptors (Lipinski definition) is 4. The Labute approximate surface area is 129 Å². The van der Waals surface area contributed by atoms with Crippen LogP contribution < -0.4 is 5.32 Å². The van der Waals surface area contributed by atoms with E-state index in [4.69, 9.17) is 0 Å². The number of para-hydroxylation sites is 2. The van der Waals surface area contributed by atoms with Crippen LogP contribution in [0.2, 0.25) is 0 Å². The molecule has 0 bridgehead atoms. The highest BCUT2D eigenvalue weighted by atomic mass is 16.6. The van der Waals surface area contributed by atoms with E-state index in [1.807, 2.05) is 6.07 Å². The highest BCUT2D eigenvalue weighted by Crippen LogP contribution is 2.23. The van der Waals surface area contributed by atoms with Gasteiger partial charge in [0.05, 0.1) is 4.92 Å². The van der Waals surface area contributed by atoms with Gasteiger partial charge >= 0.3 is 0 Å². The van der Waals surface area contributed by atoms with Crippen molar-refractivity contribution in [3.8, 4) is 0 Å². The predicted molar refractivity (Wildman–Crippen MR) is 87.0 cm³/mol. The van der Waals surface area contributed by atoms with E-state index in [-0.39, 0.29) is 10.6 Å². The van der Waals surface area contributed by atoms with Crippen molar-refractivity contribution in [1.29, 1.82) is 0 Å². The third kappa shape index (κ3) is 3.26. The predicted octanol–water partition coefficient (Wildman–Crippen LogP) is 3.07. The number of anilines is 1. The van der Waals surface area contributed by atoms with E-state index in [0.29, 0.717) is 12.2 Å². The van der Waals surface area contributed by atoms with Crippen LogP contribution in [0.5, 0.6) is 0 Å². The average Bonchev–Trinajstić information content (AvgIpc) is 2.55. The lowest BCUT2D eigenvalue weighted by Crippen LogP contribution is -2.34. The van der Waals surface area contributed by atoms with Gasteiger partial charge in [0.2, 0.25) is 0 Å². The lowest BCUT2D eigenvalue weighted by molar-refractivity contribution is -0.384. The van der Waals surface area contributed by atoms with Gasteiger partial charge in [0, 0.05) is 32.2 Å². The molecule has 0 amide bonds. The monoisotopic (exact) mass is 297 g/mol. The third-order valence-corrected chi connectivity index (χ3v) is 4.05. The third-order valence-electron chi connectivity index (χ3n) is 4.05. The second-order valence-corrected chi connectivity index (χ2v) is 5.50. The van der Waals surface area contributed by atoms with Crippen molar-refractivity contribution in [3.05, 3.63) is 69.8 Å². The molecule has 5 nitrogen and oxygen atoms in total. The van der Waals surface area contributed by atoms with Crippen LogP contribution >= 0.6 is 0 Å². The van der Waals surface area contributed by atoms with Crippen molar-refractivity contribution in [3.63, 3.8) is 0 Å². The van der Waals surface area contributed by atoms with Crippen molar-refractivity contribution in [1.82, 2.24) is 4.90 Å². The molecule has 0 saturated heterocycles. The first-order valence-electron chi connectivity index (χ1n) is 7.50. The maximum atomic E-state index is 11.0. The molecule has 2 aromatic carbocycles. The maximum Gasteiger partial charge on any atom is 0.292 e. The molecule has 22 heavy (non-hydrogen) atoms. The molecule has 0 aliphatic carbocycles. The first-order chi connectivity index (χ1) is 10.7. The van der Waals surface area contributed by atoms with Crippen molar-refractivity contribution in [2.24, 2.45) is 0 Å². The SMILES string of the molecule is O=[N+]([O-])c1ccccc1NCCN1CCc2ccccc2C1. The average molecular weight is 297 g/mol. The van der Waals surface area contributed by atoms with Gasteiger partial charge in [0.25, 0.3) is 5.69 Å². The molecule has 1 aliphatic rings. The molecule has 114 valence electrons. The number of fused-ring (bicyclic) bond motifs is 1. The molecule has 0 fully saturated rings. The minimum absolute atomic E-state index is 0.131. The Morgan fingerprint density at radius 3 is 2.64 bits per heavy atom. The van der Waals surface area contributed by atoms with Crippen LogP contribution in [0, 0.1) is 10.1 Å². The first-order valence-corrected chi connectivity index (χ1v) is 7.50. The molecule has 1 N–H and O–H groups in total. The number of nitro groups is 1. The largest absolute Gasteiger partial charge is 0.378 e. The lowest BCUT2D eigenvalue weighted by Gasteiger charge is -2.28. The highest BCUT2D eigenvalue weighted by Gasteiger charge is 2.16. The zero-order chi connectivity index (χ0) is 15.4. The maximum absolute atomic E-state index is 11.0. The van der Waals surface area contributed by atoms with E-state index in [0.717, 1.165) is 26.1 Å². The molecule has 1 aliphatic heterocycles. The van der Waals surface area contributed by atoms with Crippen LogP contribution in [-0.2, 0) is 13.0 Å². The molecule has 1 heterocycles. The number of nitro benzene ring substituents is 1. The standard InChI is InChI=1S/C17H19N3O2/c21-20(22)17-8-4-3-7-16(17)18-10-12-19-11-9-14-5-1-2-6-15(14)13-19/h1-8,18H,9-13H2. The minimum atomic E-state index is -0.348. The summed E-state index contributed by atoms with van der Waals surface area (Å²) in [6.07, 6.45) is 1.07. The number of nitrogens with zero attached hydrogens (tertiary/aromatic N) is 2. The normalized spacial score (nSPS) is 14.4. The van der Waals surface area contributed by atoms with Crippen LogP contribution in [0.25, 0.3) is 0 Å². The molecule has 0 aromatic heterocycles. The molecular weight excluding hydrogens is 278 g/mol. The van der Waals surface area contributed by atoms with E-state index in [2.05, 4.69) is 34.5 Å². The second-order valence-electron chi connectivity index (χ2n) is 5.50. The van der Waals surface area contributed by atoms with Gasteiger partial charge in [0.15, 0.2) is 0 Å². The first kappa shape index (κ1) is 14.5. The van der Waals surface area contributed by atoms with Crippen LogP contribution in [-0.4, -0.2) is 29.5 Å². The Hall–Kier alpha value is -2.40. The van der Waals surface area contributed by atoms with Gasteiger partial charge in [0.1, 0.15) is 5.69 Å². The Bertz CT molecular complexity index is 672. The minimum Gasteiger partial charge on any atom is -0.378 e. The topological polar surface area (TPSA) is 58.4 Å². The summed E-state index contributed by atoms with van der Waals surface area (Å²) >= 11 is 0. The molecule has 5 heteroatoms. The fourth-order valence-electron chi connectivity index (χ4n) is 2.88. The van der Waals surface area contributed by atoms with Gasteiger partial charge in [-0.15, -0.1) is 0 Å². The van der Waals surface area contributed by atoms with Gasteiger partial charge in [-0.3, -0.25) is 15.0 Å². The molecule has 0 spiro atoms. The summed E-state index contributed by atoms with van der Waals surface area (Å²) in [6.45, 7) is 3.57. The lowest BCUT2D eigenvalue weighted by atomic mass is 10.00. The fraction of sp³-hybridized carbons (Fsp3) is 0.294. The van der Waals surface area contributed by atoms with Crippen molar-refractivity contribution >= 4 is 11.4 Å². The van der Waals surface area contributed by atoms with Crippen molar-refractivity contribution in [2.45, 2.75) is 13.0 Å². The van der Waals surface area contributed by atoms with Gasteiger partial charge in [-0.2, -0.15) is 0 Å². The van der Waals surface area contributed by atoms with E-state index in [9.17, 15) is 10.1 Å². The summed E-state index contributed by atoms with van der Waals surface area (Å²) in [5.41, 5.74) is 3.54. The summed E-state index contributed by atoms with van der Waals surface area (Å²) < 4.78 is 0. The van der Waals surface area contributed by atoms with Crippen LogP contribution in [0.15, 0.2) is 48.5 Å². The van der Waals surface area contributed by atoms with Gasteiger partial charge in [-0.1, -0.05) is 36.4 Å². The van der Waals surface area contributed by atoms with Crippen LogP contribution in [0.1, 0.15) is 11.1 Å². The Morgan fingerprint density at radius 2 is 1.82 bits per heavy atom. The van der Waals surface area contributed by atoms with E-state index >= 15 is 0 Å². The van der Waals surface area contributed by atoms with Gasteiger partial charge in [-0.05, 0) is 23.6 Å². The number of benzene rings is 2. The van der Waals surface area contributed by atoms with Gasteiger partial charge in [-0.25, -0.2) is 0 Å². The summed E-state index contributed by atoms with van der Waals surface area (Å²) in [7, 11) is 0. The molecular formula is C17H19N3O2. The molecule has 0 unspecified atom stereocenters. The fourth-order valence-corrected chi connectivity index (χ4v) is 2.88. The summed E-state index contributed by atoms with van der Waals surface area (Å²) in [5, 5.41) is 14.2. The number of nitrogens with one attached hydrogen (secondary N) is 1. The number of hydrogen-bond donors (Lipinski definition) is 1. The highest BCUT2D eigenvalue weighted by molar-refractivity contribution is 5.61. The zero-order valence-corrected chi connectivity index (χ0v) is 12.4. The molecule has 0 saturated carbocycles. The van der Waals surface area contributed by atoms with Gasteiger partial charge < -0.3 is 5.32 Å². The molecule has 0 radical (unpaired) electrons. The second kappa shape index (κ2) is 6.58. The Balaban J connectivity index is 1.55. The quantitative estimate of drug-likeness (QED) is 0.680. The summed E-state index contributed by atoms with van der Waals surface area (Å²) in [5.74, 6) is 0. The Morgan fingerprint density at radius 1 is 1.09 bits per heavy atom. The zero-order valence-electron chi connectivity index (χ0n) is 12.4. The van der Waals surface area contributed by atoms with E-state index < -0.39 is 0 Å². The molecule has 3 rings (SSSR count). The molecule has 0 atom stereocenters. The Kier molecular flexibility index (Phi) is 4.34. The summed E-state index contributed by atoms with van der Waals surface area (Å²) in [6, 6.07) is 15.3.